The SMILES string of the molecule is Cc1ccc(NC(=O)c2ccc(C(=O)Nc3ccccc3)cc2)cc1Cl. The largest absolute Gasteiger partial charge is 0.322 e. The number of para-hydroxylation sites is 1. The molecule has 0 aliphatic carbocycles. The fourth-order valence-corrected chi connectivity index (χ4v) is 2.55. The van der Waals surface area contributed by atoms with Gasteiger partial charge in [-0.05, 0) is 61.0 Å². The van der Waals surface area contributed by atoms with Crippen LogP contribution in [0, 0.1) is 6.92 Å². The molecule has 3 aromatic rings. The first-order valence-electron chi connectivity index (χ1n) is 8.07. The number of benzene rings is 3. The number of hydrogen-bond donors (Lipinski definition) is 2. The van der Waals surface area contributed by atoms with E-state index in [1.165, 1.54) is 0 Å². The predicted molar refractivity (Wildman–Crippen MR) is 105 cm³/mol. The van der Waals surface area contributed by atoms with Crippen molar-refractivity contribution in [2.75, 3.05) is 10.6 Å². The van der Waals surface area contributed by atoms with E-state index in [-0.39, 0.29) is 11.8 Å². The summed E-state index contributed by atoms with van der Waals surface area (Å²) in [7, 11) is 0. The molecule has 0 atom stereocenters. The zero-order chi connectivity index (χ0) is 18.5. The quantitative estimate of drug-likeness (QED) is 0.672. The van der Waals surface area contributed by atoms with Crippen molar-refractivity contribution >= 4 is 34.8 Å². The lowest BCUT2D eigenvalue weighted by Gasteiger charge is -2.08. The molecule has 0 fully saturated rings. The lowest BCUT2D eigenvalue weighted by Crippen LogP contribution is -2.14. The normalized spacial score (nSPS) is 10.2. The first-order valence-corrected chi connectivity index (χ1v) is 8.45. The molecule has 130 valence electrons. The molecule has 0 aliphatic rings. The van der Waals surface area contributed by atoms with Crippen molar-refractivity contribution in [3.05, 3.63) is 94.5 Å². The van der Waals surface area contributed by atoms with Crippen molar-refractivity contribution in [2.45, 2.75) is 6.92 Å². The minimum absolute atomic E-state index is 0.228. The number of anilines is 2. The van der Waals surface area contributed by atoms with Gasteiger partial charge in [0.2, 0.25) is 0 Å². The Balaban J connectivity index is 1.67. The minimum atomic E-state index is -0.264. The number of carbonyl (C=O) groups excluding carboxylic acids is 2. The van der Waals surface area contributed by atoms with Crippen LogP contribution in [0.15, 0.2) is 72.8 Å². The molecule has 26 heavy (non-hydrogen) atoms. The number of aryl methyl sites for hydroxylation is 1. The van der Waals surface area contributed by atoms with E-state index < -0.39 is 0 Å². The molecular weight excluding hydrogens is 348 g/mol. The van der Waals surface area contributed by atoms with Gasteiger partial charge in [0, 0.05) is 27.5 Å². The summed E-state index contributed by atoms with van der Waals surface area (Å²) in [4.78, 5) is 24.6. The molecule has 4 nitrogen and oxygen atoms in total. The van der Waals surface area contributed by atoms with E-state index in [1.54, 1.807) is 36.4 Å². The molecule has 0 heterocycles. The van der Waals surface area contributed by atoms with E-state index in [9.17, 15) is 9.59 Å². The first kappa shape index (κ1) is 17.7. The lowest BCUT2D eigenvalue weighted by molar-refractivity contribution is 0.101. The van der Waals surface area contributed by atoms with E-state index >= 15 is 0 Å². The van der Waals surface area contributed by atoms with Crippen LogP contribution >= 0.6 is 11.6 Å². The topological polar surface area (TPSA) is 58.2 Å². The van der Waals surface area contributed by atoms with Gasteiger partial charge in [-0.1, -0.05) is 35.9 Å². The van der Waals surface area contributed by atoms with Crippen molar-refractivity contribution in [3.63, 3.8) is 0 Å². The van der Waals surface area contributed by atoms with Gasteiger partial charge in [-0.3, -0.25) is 9.59 Å². The van der Waals surface area contributed by atoms with Crippen LogP contribution in [0.1, 0.15) is 26.3 Å². The van der Waals surface area contributed by atoms with E-state index in [2.05, 4.69) is 10.6 Å². The second kappa shape index (κ2) is 7.85. The van der Waals surface area contributed by atoms with Crippen LogP contribution in [0.2, 0.25) is 5.02 Å². The molecule has 0 saturated carbocycles. The van der Waals surface area contributed by atoms with Crippen molar-refractivity contribution in [1.82, 2.24) is 0 Å². The molecule has 3 rings (SSSR count). The van der Waals surface area contributed by atoms with E-state index in [4.69, 9.17) is 11.6 Å². The third kappa shape index (κ3) is 4.29. The maximum atomic E-state index is 12.3. The number of rotatable bonds is 4. The Morgan fingerprint density at radius 3 is 1.81 bits per heavy atom. The maximum Gasteiger partial charge on any atom is 0.255 e. The van der Waals surface area contributed by atoms with Crippen LogP contribution in [0.5, 0.6) is 0 Å². The van der Waals surface area contributed by atoms with Crippen molar-refractivity contribution in [1.29, 1.82) is 0 Å². The molecule has 0 unspecified atom stereocenters. The van der Waals surface area contributed by atoms with Crippen LogP contribution in [0.3, 0.4) is 0 Å². The smallest absolute Gasteiger partial charge is 0.255 e. The molecule has 0 aromatic heterocycles. The number of hydrogen-bond acceptors (Lipinski definition) is 2. The van der Waals surface area contributed by atoms with E-state index in [1.807, 2.05) is 43.3 Å². The summed E-state index contributed by atoms with van der Waals surface area (Å²) in [6.45, 7) is 1.90. The van der Waals surface area contributed by atoms with Gasteiger partial charge in [0.05, 0.1) is 0 Å². The summed E-state index contributed by atoms with van der Waals surface area (Å²) in [5.41, 5.74) is 3.22. The first-order chi connectivity index (χ1) is 12.5. The van der Waals surface area contributed by atoms with E-state index in [0.717, 1.165) is 11.3 Å². The van der Waals surface area contributed by atoms with E-state index in [0.29, 0.717) is 21.8 Å². The fourth-order valence-electron chi connectivity index (χ4n) is 2.37. The second-order valence-corrected chi connectivity index (χ2v) is 6.22. The second-order valence-electron chi connectivity index (χ2n) is 5.82. The van der Waals surface area contributed by atoms with Crippen LogP contribution < -0.4 is 10.6 Å². The highest BCUT2D eigenvalue weighted by Crippen LogP contribution is 2.20. The molecular formula is C21H17ClN2O2. The molecule has 2 N–H and O–H groups in total. The monoisotopic (exact) mass is 364 g/mol. The molecule has 0 saturated heterocycles. The Labute approximate surface area is 156 Å². The summed E-state index contributed by atoms with van der Waals surface area (Å²) in [5.74, 6) is -0.492. The summed E-state index contributed by atoms with van der Waals surface area (Å²) in [6, 6.07) is 21.0. The third-order valence-electron chi connectivity index (χ3n) is 3.87. The van der Waals surface area contributed by atoms with Gasteiger partial charge in [-0.15, -0.1) is 0 Å². The standard InChI is InChI=1S/C21H17ClN2O2/c1-14-7-12-18(13-19(14)22)24-21(26)16-10-8-15(9-11-16)20(25)23-17-5-3-2-4-6-17/h2-13H,1H3,(H,23,25)(H,24,26). The van der Waals surface area contributed by atoms with Gasteiger partial charge in [0.25, 0.3) is 11.8 Å². The predicted octanol–water partition coefficient (Wildman–Crippen LogP) is 5.15. The maximum absolute atomic E-state index is 12.3. The average Bonchev–Trinajstić information content (AvgIpc) is 2.65. The average molecular weight is 365 g/mol. The molecule has 5 heteroatoms. The van der Waals surface area contributed by atoms with Gasteiger partial charge in [0.1, 0.15) is 0 Å². The van der Waals surface area contributed by atoms with Gasteiger partial charge in [0.15, 0.2) is 0 Å². The van der Waals surface area contributed by atoms with Gasteiger partial charge < -0.3 is 10.6 Å². The summed E-state index contributed by atoms with van der Waals surface area (Å²) in [5, 5.41) is 6.19. The Morgan fingerprint density at radius 2 is 1.27 bits per heavy atom. The fraction of sp³-hybridized carbons (Fsp3) is 0.0476. The zero-order valence-electron chi connectivity index (χ0n) is 14.1. The highest BCUT2D eigenvalue weighted by molar-refractivity contribution is 6.31. The molecule has 0 spiro atoms. The summed E-state index contributed by atoms with van der Waals surface area (Å²) >= 11 is 6.07. The molecule has 0 bridgehead atoms. The molecule has 2 amide bonds. The lowest BCUT2D eigenvalue weighted by atomic mass is 10.1. The van der Waals surface area contributed by atoms with Crippen molar-refractivity contribution in [2.24, 2.45) is 0 Å². The van der Waals surface area contributed by atoms with Crippen molar-refractivity contribution in [3.8, 4) is 0 Å². The highest BCUT2D eigenvalue weighted by Gasteiger charge is 2.10. The Morgan fingerprint density at radius 1 is 0.731 bits per heavy atom. The molecule has 0 radical (unpaired) electrons. The number of carbonyl (C=O) groups is 2. The van der Waals surface area contributed by atoms with Crippen LogP contribution in [0.4, 0.5) is 11.4 Å². The zero-order valence-corrected chi connectivity index (χ0v) is 14.9. The summed E-state index contributed by atoms with van der Waals surface area (Å²) < 4.78 is 0. The highest BCUT2D eigenvalue weighted by atomic mass is 35.5. The Kier molecular flexibility index (Phi) is 5.34. The Hall–Kier alpha value is -3.11. The third-order valence-corrected chi connectivity index (χ3v) is 4.28. The number of halogens is 1. The van der Waals surface area contributed by atoms with Gasteiger partial charge >= 0.3 is 0 Å². The Bertz CT molecular complexity index is 938. The minimum Gasteiger partial charge on any atom is -0.322 e. The van der Waals surface area contributed by atoms with Gasteiger partial charge in [-0.2, -0.15) is 0 Å². The molecule has 0 aliphatic heterocycles. The van der Waals surface area contributed by atoms with Crippen LogP contribution in [-0.2, 0) is 0 Å². The van der Waals surface area contributed by atoms with Crippen molar-refractivity contribution < 1.29 is 9.59 Å². The van der Waals surface area contributed by atoms with Crippen LogP contribution in [-0.4, -0.2) is 11.8 Å². The summed E-state index contributed by atoms with van der Waals surface area (Å²) in [6.07, 6.45) is 0. The van der Waals surface area contributed by atoms with Crippen LogP contribution in [0.25, 0.3) is 0 Å². The number of amides is 2. The molecule has 3 aromatic carbocycles. The van der Waals surface area contributed by atoms with Gasteiger partial charge in [-0.25, -0.2) is 0 Å². The number of nitrogens with one attached hydrogen (secondary N) is 2.